The fourth-order valence-corrected chi connectivity index (χ4v) is 2.21. The van der Waals surface area contributed by atoms with Crippen LogP contribution in [-0.4, -0.2) is 36.3 Å². The third-order valence-electron chi connectivity index (χ3n) is 3.61. The Balaban J connectivity index is 2.26. The van der Waals surface area contributed by atoms with Gasteiger partial charge in [-0.3, -0.25) is 9.88 Å². The number of hydrogen-bond acceptors (Lipinski definition) is 7. The highest BCUT2D eigenvalue weighted by atomic mass is 16.5. The van der Waals surface area contributed by atoms with Crippen molar-refractivity contribution < 1.29 is 14.7 Å². The van der Waals surface area contributed by atoms with Crippen LogP contribution in [0.1, 0.15) is 42.4 Å². The smallest absolute Gasteiger partial charge is 0.223 e. The van der Waals surface area contributed by atoms with E-state index in [2.05, 4.69) is 33.9 Å². The van der Waals surface area contributed by atoms with Crippen LogP contribution in [-0.2, 0) is 19.7 Å². The van der Waals surface area contributed by atoms with Gasteiger partial charge in [0.15, 0.2) is 5.82 Å². The normalized spacial score (nSPS) is 11.6. The second-order valence-electron chi connectivity index (χ2n) is 5.58. The summed E-state index contributed by atoms with van der Waals surface area (Å²) in [4.78, 5) is 10.4. The number of aromatic nitrogens is 3. The first-order valence-electron chi connectivity index (χ1n) is 7.22. The fourth-order valence-electron chi connectivity index (χ4n) is 2.21. The van der Waals surface area contributed by atoms with Crippen LogP contribution in [0.25, 0.3) is 0 Å². The standard InChI is InChI=1S/C15H22N4O3/c1-9(2)19(7-14-17-11(4)22-18-14)6-13-12(8-20)5-16-10(3)15(13)21/h5,9,20-21H,6-8H2,1-4H3. The quantitative estimate of drug-likeness (QED) is 0.838. The van der Waals surface area contributed by atoms with E-state index >= 15 is 0 Å². The summed E-state index contributed by atoms with van der Waals surface area (Å²) in [6, 6.07) is 0.207. The molecule has 0 saturated heterocycles. The first-order valence-corrected chi connectivity index (χ1v) is 7.22. The van der Waals surface area contributed by atoms with Crippen LogP contribution in [0.4, 0.5) is 0 Å². The largest absolute Gasteiger partial charge is 0.506 e. The summed E-state index contributed by atoms with van der Waals surface area (Å²) in [5, 5.41) is 23.6. The average Bonchev–Trinajstić information content (AvgIpc) is 2.88. The van der Waals surface area contributed by atoms with E-state index < -0.39 is 0 Å². The second kappa shape index (κ2) is 6.85. The molecule has 7 heteroatoms. The molecule has 0 aromatic carbocycles. The molecule has 0 unspecified atom stereocenters. The number of aryl methyl sites for hydroxylation is 2. The van der Waals surface area contributed by atoms with Crippen molar-refractivity contribution in [3.8, 4) is 5.75 Å². The molecule has 22 heavy (non-hydrogen) atoms. The summed E-state index contributed by atoms with van der Waals surface area (Å²) in [7, 11) is 0. The molecule has 7 nitrogen and oxygen atoms in total. The monoisotopic (exact) mass is 306 g/mol. The summed E-state index contributed by atoms with van der Waals surface area (Å²) in [6.45, 7) is 8.40. The van der Waals surface area contributed by atoms with Crippen LogP contribution in [0.3, 0.4) is 0 Å². The lowest BCUT2D eigenvalue weighted by molar-refractivity contribution is 0.190. The molecule has 0 atom stereocenters. The Morgan fingerprint density at radius 1 is 1.27 bits per heavy atom. The van der Waals surface area contributed by atoms with Crippen LogP contribution in [0.5, 0.6) is 5.75 Å². The minimum Gasteiger partial charge on any atom is -0.506 e. The minimum atomic E-state index is -0.163. The van der Waals surface area contributed by atoms with Crippen LogP contribution in [0.2, 0.25) is 0 Å². The van der Waals surface area contributed by atoms with E-state index in [1.165, 1.54) is 0 Å². The van der Waals surface area contributed by atoms with Crippen molar-refractivity contribution in [2.45, 2.75) is 53.4 Å². The maximum atomic E-state index is 10.3. The maximum absolute atomic E-state index is 10.3. The zero-order valence-corrected chi connectivity index (χ0v) is 13.4. The predicted molar refractivity (Wildman–Crippen MR) is 80.0 cm³/mol. The lowest BCUT2D eigenvalue weighted by Crippen LogP contribution is -2.31. The molecule has 0 radical (unpaired) electrons. The molecule has 120 valence electrons. The van der Waals surface area contributed by atoms with Gasteiger partial charge in [0.25, 0.3) is 0 Å². The van der Waals surface area contributed by atoms with E-state index in [4.69, 9.17) is 4.52 Å². The Morgan fingerprint density at radius 3 is 2.55 bits per heavy atom. The zero-order valence-electron chi connectivity index (χ0n) is 13.4. The van der Waals surface area contributed by atoms with Gasteiger partial charge >= 0.3 is 0 Å². The molecule has 2 aromatic rings. The van der Waals surface area contributed by atoms with Gasteiger partial charge in [-0.25, -0.2) is 0 Å². The molecule has 0 spiro atoms. The molecule has 0 aliphatic carbocycles. The van der Waals surface area contributed by atoms with Crippen LogP contribution < -0.4 is 0 Å². The van der Waals surface area contributed by atoms with Crippen LogP contribution in [0, 0.1) is 13.8 Å². The highest BCUT2D eigenvalue weighted by Gasteiger charge is 2.19. The number of rotatable bonds is 6. The van der Waals surface area contributed by atoms with Crippen molar-refractivity contribution in [2.75, 3.05) is 0 Å². The Hall–Kier alpha value is -1.99. The Labute approximate surface area is 129 Å². The zero-order chi connectivity index (χ0) is 16.3. The van der Waals surface area contributed by atoms with Gasteiger partial charge in [-0.1, -0.05) is 5.16 Å². The van der Waals surface area contributed by atoms with Crippen molar-refractivity contribution in [2.24, 2.45) is 0 Å². The summed E-state index contributed by atoms with van der Waals surface area (Å²) < 4.78 is 5.00. The lowest BCUT2D eigenvalue weighted by Gasteiger charge is -2.26. The van der Waals surface area contributed by atoms with Gasteiger partial charge in [-0.05, 0) is 20.8 Å². The number of aliphatic hydroxyl groups is 1. The van der Waals surface area contributed by atoms with Crippen LogP contribution in [0.15, 0.2) is 10.7 Å². The number of pyridine rings is 1. The molecule has 2 heterocycles. The van der Waals surface area contributed by atoms with Gasteiger partial charge in [0.1, 0.15) is 5.75 Å². The van der Waals surface area contributed by atoms with Gasteiger partial charge in [0.05, 0.1) is 18.8 Å². The predicted octanol–water partition coefficient (Wildman–Crippen LogP) is 1.69. The van der Waals surface area contributed by atoms with E-state index in [9.17, 15) is 10.2 Å². The van der Waals surface area contributed by atoms with Crippen molar-refractivity contribution in [1.82, 2.24) is 20.0 Å². The van der Waals surface area contributed by atoms with E-state index in [0.29, 0.717) is 41.6 Å². The Morgan fingerprint density at radius 2 is 2.00 bits per heavy atom. The number of nitrogens with zero attached hydrogens (tertiary/aromatic N) is 4. The highest BCUT2D eigenvalue weighted by molar-refractivity contribution is 5.40. The molecule has 0 bridgehead atoms. The molecular formula is C15H22N4O3. The topological polar surface area (TPSA) is 95.5 Å². The van der Waals surface area contributed by atoms with Gasteiger partial charge in [0.2, 0.25) is 5.89 Å². The fraction of sp³-hybridized carbons (Fsp3) is 0.533. The number of hydrogen-bond donors (Lipinski definition) is 2. The molecule has 0 aliphatic rings. The van der Waals surface area contributed by atoms with E-state index in [1.807, 2.05) is 0 Å². The van der Waals surface area contributed by atoms with E-state index in [1.54, 1.807) is 20.0 Å². The molecule has 0 amide bonds. The van der Waals surface area contributed by atoms with Crippen molar-refractivity contribution >= 4 is 0 Å². The molecule has 0 fully saturated rings. The first-order chi connectivity index (χ1) is 10.4. The van der Waals surface area contributed by atoms with Crippen molar-refractivity contribution in [3.05, 3.63) is 34.7 Å². The number of aliphatic hydroxyl groups excluding tert-OH is 1. The third-order valence-corrected chi connectivity index (χ3v) is 3.61. The summed E-state index contributed by atoms with van der Waals surface area (Å²) in [6.07, 6.45) is 1.60. The molecule has 0 aliphatic heterocycles. The average molecular weight is 306 g/mol. The van der Waals surface area contributed by atoms with Gasteiger partial charge in [-0.15, -0.1) is 0 Å². The van der Waals surface area contributed by atoms with Crippen molar-refractivity contribution in [1.29, 1.82) is 0 Å². The SMILES string of the molecule is Cc1nc(CN(Cc2c(CO)cnc(C)c2O)C(C)C)no1. The van der Waals surface area contributed by atoms with Crippen molar-refractivity contribution in [3.63, 3.8) is 0 Å². The minimum absolute atomic E-state index is 0.126. The maximum Gasteiger partial charge on any atom is 0.223 e. The highest BCUT2D eigenvalue weighted by Crippen LogP contribution is 2.26. The summed E-state index contributed by atoms with van der Waals surface area (Å²) >= 11 is 0. The van der Waals surface area contributed by atoms with E-state index in [-0.39, 0.29) is 18.4 Å². The Bertz CT molecular complexity index is 640. The van der Waals surface area contributed by atoms with Gasteiger partial charge in [-0.2, -0.15) is 4.98 Å². The molecular weight excluding hydrogens is 284 g/mol. The van der Waals surface area contributed by atoms with Gasteiger partial charge < -0.3 is 14.7 Å². The first kappa shape index (κ1) is 16.4. The van der Waals surface area contributed by atoms with E-state index in [0.717, 1.165) is 0 Å². The molecule has 2 aromatic heterocycles. The number of aromatic hydroxyl groups is 1. The molecule has 2 rings (SSSR count). The summed E-state index contributed by atoms with van der Waals surface area (Å²) in [5.41, 5.74) is 1.85. The third kappa shape index (κ3) is 3.61. The molecule has 2 N–H and O–H groups in total. The second-order valence-corrected chi connectivity index (χ2v) is 5.58. The lowest BCUT2D eigenvalue weighted by atomic mass is 10.1. The van der Waals surface area contributed by atoms with Gasteiger partial charge in [0, 0.05) is 36.8 Å². The Kier molecular flexibility index (Phi) is 5.10. The van der Waals surface area contributed by atoms with Crippen LogP contribution >= 0.6 is 0 Å². The molecule has 0 saturated carbocycles. The summed E-state index contributed by atoms with van der Waals surface area (Å²) in [5.74, 6) is 1.25.